The average Bonchev–Trinajstić information content (AvgIpc) is 2.49. The molecule has 0 bridgehead atoms. The summed E-state index contributed by atoms with van der Waals surface area (Å²) in [4.78, 5) is 14.8. The van der Waals surface area contributed by atoms with Gasteiger partial charge in [0.2, 0.25) is 5.82 Å². The number of nitrogens with one attached hydrogen (secondary N) is 1. The average molecular weight is 386 g/mol. The van der Waals surface area contributed by atoms with Crippen LogP contribution in [-0.2, 0) is 4.43 Å². The zero-order chi connectivity index (χ0) is 18.8. The Bertz CT molecular complexity index is 626. The number of aromatic nitrogens is 1. The molecule has 0 unspecified atom stereocenters. The van der Waals surface area contributed by atoms with Gasteiger partial charge in [-0.15, -0.1) is 0 Å². The standard InChI is InChI=1S/C17H28ClN3O3Si/c1-17(2,3)25(4,5)24-14-8-6-13(7-9-14)20-16-15(21(22)23)10-12(18)11-19-16/h10-11,13-14H,6-9H2,1-5H3,(H,19,20)/t13-,14-. The van der Waals surface area contributed by atoms with Gasteiger partial charge in [-0.3, -0.25) is 10.1 Å². The van der Waals surface area contributed by atoms with Gasteiger partial charge in [0.1, 0.15) is 0 Å². The Morgan fingerprint density at radius 1 is 1.32 bits per heavy atom. The lowest BCUT2D eigenvalue weighted by Crippen LogP contribution is -2.45. The number of hydrogen-bond acceptors (Lipinski definition) is 5. The van der Waals surface area contributed by atoms with Gasteiger partial charge in [0.05, 0.1) is 9.95 Å². The van der Waals surface area contributed by atoms with Crippen LogP contribution < -0.4 is 5.32 Å². The van der Waals surface area contributed by atoms with E-state index in [0.717, 1.165) is 25.7 Å². The molecule has 1 heterocycles. The van der Waals surface area contributed by atoms with E-state index in [-0.39, 0.29) is 27.9 Å². The van der Waals surface area contributed by atoms with Crippen molar-refractivity contribution in [3.8, 4) is 0 Å². The predicted molar refractivity (Wildman–Crippen MR) is 104 cm³/mol. The molecule has 6 nitrogen and oxygen atoms in total. The molecule has 0 aromatic carbocycles. The number of pyridine rings is 1. The summed E-state index contributed by atoms with van der Waals surface area (Å²) < 4.78 is 6.49. The number of halogens is 1. The molecule has 25 heavy (non-hydrogen) atoms. The third kappa shape index (κ3) is 5.15. The Morgan fingerprint density at radius 3 is 2.44 bits per heavy atom. The van der Waals surface area contributed by atoms with E-state index in [1.807, 2.05) is 0 Å². The zero-order valence-corrected chi connectivity index (χ0v) is 17.4. The molecule has 1 saturated carbocycles. The van der Waals surface area contributed by atoms with Crippen LogP contribution in [0, 0.1) is 10.1 Å². The van der Waals surface area contributed by atoms with E-state index in [1.54, 1.807) is 0 Å². The third-order valence-electron chi connectivity index (χ3n) is 5.31. The molecule has 0 aliphatic heterocycles. The molecule has 0 amide bonds. The van der Waals surface area contributed by atoms with Crippen molar-refractivity contribution in [3.05, 3.63) is 27.4 Å². The monoisotopic (exact) mass is 385 g/mol. The number of nitro groups is 1. The highest BCUT2D eigenvalue weighted by Crippen LogP contribution is 2.39. The first kappa shape index (κ1) is 20.1. The zero-order valence-electron chi connectivity index (χ0n) is 15.6. The van der Waals surface area contributed by atoms with Gasteiger partial charge in [0, 0.05) is 24.4 Å². The summed E-state index contributed by atoms with van der Waals surface area (Å²) in [6, 6.07) is 1.51. The normalized spacial score (nSPS) is 21.8. The van der Waals surface area contributed by atoms with Crippen molar-refractivity contribution >= 4 is 31.4 Å². The molecule has 0 radical (unpaired) electrons. The van der Waals surface area contributed by atoms with Crippen molar-refractivity contribution in [1.29, 1.82) is 0 Å². The second kappa shape index (κ2) is 7.59. The van der Waals surface area contributed by atoms with Crippen LogP contribution in [0.5, 0.6) is 0 Å². The van der Waals surface area contributed by atoms with Crippen molar-refractivity contribution in [2.45, 2.75) is 76.7 Å². The van der Waals surface area contributed by atoms with E-state index in [1.165, 1.54) is 12.3 Å². The van der Waals surface area contributed by atoms with Gasteiger partial charge >= 0.3 is 5.69 Å². The summed E-state index contributed by atoms with van der Waals surface area (Å²) >= 11 is 5.81. The quantitative estimate of drug-likeness (QED) is 0.417. The van der Waals surface area contributed by atoms with Crippen molar-refractivity contribution in [1.82, 2.24) is 4.98 Å². The summed E-state index contributed by atoms with van der Waals surface area (Å²) in [5.41, 5.74) is -0.0767. The van der Waals surface area contributed by atoms with Crippen molar-refractivity contribution in [3.63, 3.8) is 0 Å². The van der Waals surface area contributed by atoms with Crippen LogP contribution in [0.2, 0.25) is 23.2 Å². The molecule has 0 saturated heterocycles. The Balaban J connectivity index is 1.94. The van der Waals surface area contributed by atoms with Crippen molar-refractivity contribution < 1.29 is 9.35 Å². The Morgan fingerprint density at radius 2 is 1.92 bits per heavy atom. The SMILES string of the molecule is CC(C)(C)[Si](C)(C)O[C@H]1CC[C@H](Nc2ncc(Cl)cc2[N+](=O)[O-])CC1. The minimum atomic E-state index is -1.76. The molecule has 0 spiro atoms. The molecule has 1 aliphatic rings. The second-order valence-electron chi connectivity index (χ2n) is 8.27. The predicted octanol–water partition coefficient (Wildman–Crippen LogP) is 5.39. The van der Waals surface area contributed by atoms with Gasteiger partial charge in [-0.25, -0.2) is 4.98 Å². The second-order valence-corrected chi connectivity index (χ2v) is 13.5. The van der Waals surface area contributed by atoms with E-state index in [0.29, 0.717) is 5.82 Å². The van der Waals surface area contributed by atoms with Crippen LogP contribution >= 0.6 is 11.6 Å². The van der Waals surface area contributed by atoms with Crippen LogP contribution in [-0.4, -0.2) is 30.4 Å². The maximum absolute atomic E-state index is 11.2. The summed E-state index contributed by atoms with van der Waals surface area (Å²) in [5.74, 6) is 0.295. The summed E-state index contributed by atoms with van der Waals surface area (Å²) in [7, 11) is -1.76. The van der Waals surface area contributed by atoms with E-state index >= 15 is 0 Å². The molecule has 1 aliphatic carbocycles. The molecular formula is C17H28ClN3O3Si. The molecule has 1 N–H and O–H groups in total. The Kier molecular flexibility index (Phi) is 6.12. The highest BCUT2D eigenvalue weighted by molar-refractivity contribution is 6.74. The highest BCUT2D eigenvalue weighted by atomic mass is 35.5. The van der Waals surface area contributed by atoms with Crippen LogP contribution in [0.4, 0.5) is 11.5 Å². The van der Waals surface area contributed by atoms with E-state index in [4.69, 9.17) is 16.0 Å². The van der Waals surface area contributed by atoms with Gasteiger partial charge in [-0.2, -0.15) is 0 Å². The van der Waals surface area contributed by atoms with E-state index in [9.17, 15) is 10.1 Å². The van der Waals surface area contributed by atoms with Crippen LogP contribution in [0.3, 0.4) is 0 Å². The van der Waals surface area contributed by atoms with E-state index < -0.39 is 13.2 Å². The first-order valence-corrected chi connectivity index (χ1v) is 12.0. The van der Waals surface area contributed by atoms with Crippen molar-refractivity contribution in [2.24, 2.45) is 0 Å². The van der Waals surface area contributed by atoms with Gasteiger partial charge in [-0.05, 0) is 43.8 Å². The molecule has 1 fully saturated rings. The minimum absolute atomic E-state index is 0.0767. The molecule has 0 atom stereocenters. The highest BCUT2D eigenvalue weighted by Gasteiger charge is 2.39. The van der Waals surface area contributed by atoms with Crippen molar-refractivity contribution in [2.75, 3.05) is 5.32 Å². The first-order chi connectivity index (χ1) is 11.5. The maximum atomic E-state index is 11.2. The summed E-state index contributed by atoms with van der Waals surface area (Å²) in [6.07, 6.45) is 5.48. The minimum Gasteiger partial charge on any atom is -0.414 e. The van der Waals surface area contributed by atoms with Crippen LogP contribution in [0.1, 0.15) is 46.5 Å². The summed E-state index contributed by atoms with van der Waals surface area (Å²) in [5, 5.41) is 14.9. The molecule has 2 rings (SSSR count). The maximum Gasteiger partial charge on any atom is 0.312 e. The smallest absolute Gasteiger partial charge is 0.312 e. The molecular weight excluding hydrogens is 358 g/mol. The fraction of sp³-hybridized carbons (Fsp3) is 0.706. The lowest BCUT2D eigenvalue weighted by Gasteiger charge is -2.41. The first-order valence-electron chi connectivity index (χ1n) is 8.74. The van der Waals surface area contributed by atoms with Gasteiger partial charge in [0.15, 0.2) is 8.32 Å². The van der Waals surface area contributed by atoms with Gasteiger partial charge in [0.25, 0.3) is 0 Å². The largest absolute Gasteiger partial charge is 0.414 e. The number of anilines is 1. The van der Waals surface area contributed by atoms with Gasteiger partial charge < -0.3 is 9.74 Å². The van der Waals surface area contributed by atoms with Crippen LogP contribution in [0.25, 0.3) is 0 Å². The molecule has 140 valence electrons. The Hall–Kier alpha value is -1.18. The fourth-order valence-corrected chi connectivity index (χ4v) is 4.37. The van der Waals surface area contributed by atoms with Gasteiger partial charge in [-0.1, -0.05) is 32.4 Å². The Labute approximate surface area is 155 Å². The molecule has 1 aromatic rings. The topological polar surface area (TPSA) is 77.3 Å². The lowest BCUT2D eigenvalue weighted by molar-refractivity contribution is -0.384. The fourth-order valence-electron chi connectivity index (χ4n) is 2.79. The molecule has 8 heteroatoms. The van der Waals surface area contributed by atoms with Crippen LogP contribution in [0.15, 0.2) is 12.3 Å². The number of nitrogens with zero attached hydrogens (tertiary/aromatic N) is 2. The molecule has 1 aromatic heterocycles. The number of rotatable bonds is 5. The lowest BCUT2D eigenvalue weighted by atomic mass is 9.93. The van der Waals surface area contributed by atoms with E-state index in [2.05, 4.69) is 44.2 Å². The summed E-state index contributed by atoms with van der Waals surface area (Å²) in [6.45, 7) is 11.3. The third-order valence-corrected chi connectivity index (χ3v) is 10.1. The number of hydrogen-bond donors (Lipinski definition) is 1.